The second kappa shape index (κ2) is 6.15. The minimum absolute atomic E-state index is 0.568. The van der Waals surface area contributed by atoms with Crippen LogP contribution in [0.25, 0.3) is 0 Å². The molecule has 0 aliphatic rings. The van der Waals surface area contributed by atoms with Crippen molar-refractivity contribution in [2.75, 3.05) is 14.2 Å². The van der Waals surface area contributed by atoms with E-state index >= 15 is 0 Å². The molecule has 3 nitrogen and oxygen atoms in total. The molecule has 1 aromatic carbocycles. The van der Waals surface area contributed by atoms with E-state index in [0.717, 1.165) is 41.0 Å². The van der Waals surface area contributed by atoms with Crippen molar-refractivity contribution in [3.05, 3.63) is 22.8 Å². The largest absolute Gasteiger partial charge is 0.496 e. The van der Waals surface area contributed by atoms with Crippen molar-refractivity contribution >= 4 is 0 Å². The number of ether oxygens (including phenoxy) is 2. The molecule has 0 saturated carbocycles. The molecule has 92 valence electrons. The van der Waals surface area contributed by atoms with Gasteiger partial charge in [-0.3, -0.25) is 0 Å². The summed E-state index contributed by atoms with van der Waals surface area (Å²) in [7, 11) is 3.36. The molecule has 0 spiro atoms. The molecule has 0 aliphatic heterocycles. The van der Waals surface area contributed by atoms with Crippen molar-refractivity contribution < 1.29 is 9.47 Å². The lowest BCUT2D eigenvalue weighted by Crippen LogP contribution is -2.00. The number of benzene rings is 1. The van der Waals surface area contributed by atoms with Crippen molar-refractivity contribution in [2.45, 2.75) is 33.1 Å². The van der Waals surface area contributed by atoms with Crippen molar-refractivity contribution in [1.29, 1.82) is 5.26 Å². The first-order valence-corrected chi connectivity index (χ1v) is 5.73. The van der Waals surface area contributed by atoms with Crippen LogP contribution in [0.4, 0.5) is 0 Å². The van der Waals surface area contributed by atoms with Crippen LogP contribution >= 0.6 is 0 Å². The minimum Gasteiger partial charge on any atom is -0.496 e. The van der Waals surface area contributed by atoms with Gasteiger partial charge in [0.25, 0.3) is 0 Å². The van der Waals surface area contributed by atoms with Gasteiger partial charge in [0, 0.05) is 6.42 Å². The van der Waals surface area contributed by atoms with Crippen molar-refractivity contribution in [3.8, 4) is 17.6 Å². The first-order chi connectivity index (χ1) is 8.15. The quantitative estimate of drug-likeness (QED) is 0.733. The van der Waals surface area contributed by atoms with Gasteiger partial charge in [-0.1, -0.05) is 0 Å². The highest BCUT2D eigenvalue weighted by Crippen LogP contribution is 2.34. The molecule has 0 amide bonds. The summed E-state index contributed by atoms with van der Waals surface area (Å²) in [5, 5.41) is 8.56. The summed E-state index contributed by atoms with van der Waals surface area (Å²) in [6, 6.07) is 4.17. The van der Waals surface area contributed by atoms with E-state index in [0.29, 0.717) is 6.42 Å². The Morgan fingerprint density at radius 3 is 2.41 bits per heavy atom. The van der Waals surface area contributed by atoms with Gasteiger partial charge in [-0.2, -0.15) is 5.26 Å². The Balaban J connectivity index is 3.10. The number of rotatable bonds is 5. The van der Waals surface area contributed by atoms with Gasteiger partial charge in [-0.05, 0) is 49.4 Å². The zero-order valence-electron chi connectivity index (χ0n) is 11.0. The molecule has 0 fully saturated rings. The van der Waals surface area contributed by atoms with Crippen molar-refractivity contribution in [3.63, 3.8) is 0 Å². The zero-order chi connectivity index (χ0) is 12.8. The van der Waals surface area contributed by atoms with Gasteiger partial charge in [0.1, 0.15) is 11.5 Å². The molecule has 17 heavy (non-hydrogen) atoms. The Labute approximate surface area is 103 Å². The summed E-state index contributed by atoms with van der Waals surface area (Å²) in [5.41, 5.74) is 3.33. The Bertz CT molecular complexity index is 433. The Morgan fingerprint density at radius 1 is 1.18 bits per heavy atom. The molecule has 0 radical (unpaired) electrons. The van der Waals surface area contributed by atoms with Gasteiger partial charge in [-0.25, -0.2) is 0 Å². The van der Waals surface area contributed by atoms with Crippen LogP contribution in [0, 0.1) is 25.2 Å². The zero-order valence-corrected chi connectivity index (χ0v) is 11.0. The monoisotopic (exact) mass is 233 g/mol. The number of nitriles is 1. The normalized spacial score (nSPS) is 9.82. The lowest BCUT2D eigenvalue weighted by molar-refractivity contribution is 0.393. The predicted molar refractivity (Wildman–Crippen MR) is 67.6 cm³/mol. The van der Waals surface area contributed by atoms with E-state index in [1.54, 1.807) is 14.2 Å². The predicted octanol–water partition coefficient (Wildman–Crippen LogP) is 3.17. The fraction of sp³-hybridized carbons (Fsp3) is 0.500. The summed E-state index contributed by atoms with van der Waals surface area (Å²) < 4.78 is 10.8. The molecule has 0 saturated heterocycles. The molecule has 0 bridgehead atoms. The molecule has 0 unspecified atom stereocenters. The maximum absolute atomic E-state index is 8.56. The minimum atomic E-state index is 0.568. The van der Waals surface area contributed by atoms with Crippen molar-refractivity contribution in [2.24, 2.45) is 0 Å². The fourth-order valence-corrected chi connectivity index (χ4v) is 1.97. The first kappa shape index (κ1) is 13.4. The highest BCUT2D eigenvalue weighted by Gasteiger charge is 2.13. The SMILES string of the molecule is COc1cc(CCCC#N)c(OC)c(C)c1C. The smallest absolute Gasteiger partial charge is 0.125 e. The second-order valence-electron chi connectivity index (χ2n) is 4.03. The van der Waals surface area contributed by atoms with Gasteiger partial charge in [0.2, 0.25) is 0 Å². The van der Waals surface area contributed by atoms with E-state index < -0.39 is 0 Å². The molecular weight excluding hydrogens is 214 g/mol. The molecule has 0 aliphatic carbocycles. The number of methoxy groups -OCH3 is 2. The highest BCUT2D eigenvalue weighted by molar-refractivity contribution is 5.52. The van der Waals surface area contributed by atoms with Crippen LogP contribution in [0.2, 0.25) is 0 Å². The van der Waals surface area contributed by atoms with Gasteiger partial charge in [0.15, 0.2) is 0 Å². The molecule has 1 rings (SSSR count). The molecule has 3 heteroatoms. The third-order valence-corrected chi connectivity index (χ3v) is 3.03. The molecule has 1 aromatic rings. The van der Waals surface area contributed by atoms with Crippen LogP contribution < -0.4 is 9.47 Å². The van der Waals surface area contributed by atoms with Crippen molar-refractivity contribution in [1.82, 2.24) is 0 Å². The summed E-state index contributed by atoms with van der Waals surface area (Å²) >= 11 is 0. The van der Waals surface area contributed by atoms with E-state index in [-0.39, 0.29) is 0 Å². The maximum atomic E-state index is 8.56. The van der Waals surface area contributed by atoms with Gasteiger partial charge in [-0.15, -0.1) is 0 Å². The third kappa shape index (κ3) is 2.91. The summed E-state index contributed by atoms with van der Waals surface area (Å²) in [6.07, 6.45) is 2.26. The molecule has 0 N–H and O–H groups in total. The molecule has 0 aromatic heterocycles. The Morgan fingerprint density at radius 2 is 1.88 bits per heavy atom. The van der Waals surface area contributed by atoms with E-state index in [4.69, 9.17) is 14.7 Å². The fourth-order valence-electron chi connectivity index (χ4n) is 1.97. The van der Waals surface area contributed by atoms with Crippen LogP contribution in [0.5, 0.6) is 11.5 Å². The van der Waals surface area contributed by atoms with Crippen LogP contribution in [-0.4, -0.2) is 14.2 Å². The Kier molecular flexibility index (Phi) is 4.84. The highest BCUT2D eigenvalue weighted by atomic mass is 16.5. The lowest BCUT2D eigenvalue weighted by atomic mass is 9.99. The van der Waals surface area contributed by atoms with E-state index in [1.165, 1.54) is 0 Å². The summed E-state index contributed by atoms with van der Waals surface area (Å²) in [4.78, 5) is 0. The van der Waals surface area contributed by atoms with Crippen LogP contribution in [0.3, 0.4) is 0 Å². The van der Waals surface area contributed by atoms with E-state index in [1.807, 2.05) is 19.9 Å². The number of aryl methyl sites for hydroxylation is 1. The number of hydrogen-bond acceptors (Lipinski definition) is 3. The number of hydrogen-bond donors (Lipinski definition) is 0. The second-order valence-corrected chi connectivity index (χ2v) is 4.03. The molecular formula is C14H19NO2. The average Bonchev–Trinajstić information content (AvgIpc) is 2.34. The van der Waals surface area contributed by atoms with Crippen LogP contribution in [0.1, 0.15) is 29.5 Å². The van der Waals surface area contributed by atoms with Crippen LogP contribution in [-0.2, 0) is 6.42 Å². The standard InChI is InChI=1S/C14H19NO2/c1-10-11(2)14(17-4)12(7-5-6-8-15)9-13(10)16-3/h9H,5-7H2,1-4H3. The lowest BCUT2D eigenvalue weighted by Gasteiger charge is -2.16. The maximum Gasteiger partial charge on any atom is 0.125 e. The first-order valence-electron chi connectivity index (χ1n) is 5.73. The van der Waals surface area contributed by atoms with Gasteiger partial charge < -0.3 is 9.47 Å². The number of unbranched alkanes of at least 4 members (excludes halogenated alkanes) is 1. The van der Waals surface area contributed by atoms with Crippen LogP contribution in [0.15, 0.2) is 6.07 Å². The van der Waals surface area contributed by atoms with E-state index in [2.05, 4.69) is 6.07 Å². The average molecular weight is 233 g/mol. The van der Waals surface area contributed by atoms with Gasteiger partial charge in [0.05, 0.1) is 20.3 Å². The molecule has 0 atom stereocenters. The van der Waals surface area contributed by atoms with Gasteiger partial charge >= 0.3 is 0 Å². The third-order valence-electron chi connectivity index (χ3n) is 3.03. The summed E-state index contributed by atoms with van der Waals surface area (Å²) in [6.45, 7) is 4.06. The molecule has 0 heterocycles. The summed E-state index contributed by atoms with van der Waals surface area (Å²) in [5.74, 6) is 1.80. The topological polar surface area (TPSA) is 42.2 Å². The Hall–Kier alpha value is -1.69. The number of nitrogens with zero attached hydrogens (tertiary/aromatic N) is 1. The van der Waals surface area contributed by atoms with E-state index in [9.17, 15) is 0 Å².